The van der Waals surface area contributed by atoms with E-state index in [1.807, 2.05) is 36.6 Å². The number of aryl methyl sites for hydroxylation is 1. The van der Waals surface area contributed by atoms with E-state index >= 15 is 0 Å². The monoisotopic (exact) mass is 529 g/mol. The third kappa shape index (κ3) is 3.61. The first-order chi connectivity index (χ1) is 15.4. The van der Waals surface area contributed by atoms with Crippen LogP contribution in [0.25, 0.3) is 16.0 Å². The second-order valence-electron chi connectivity index (χ2n) is 7.21. The van der Waals surface area contributed by atoms with Gasteiger partial charge in [0.25, 0.3) is 5.56 Å². The highest BCUT2D eigenvalue weighted by Gasteiger charge is 2.20. The molecule has 162 valence electrons. The molecule has 0 fully saturated rings. The fourth-order valence-electron chi connectivity index (χ4n) is 3.49. The number of hydrogen-bond acceptors (Lipinski definition) is 6. The number of rotatable bonds is 5. The summed E-state index contributed by atoms with van der Waals surface area (Å²) in [7, 11) is 0. The second-order valence-corrected chi connectivity index (χ2v) is 10.0. The Morgan fingerprint density at radius 3 is 2.75 bits per heavy atom. The number of amides is 1. The molecule has 0 saturated carbocycles. The van der Waals surface area contributed by atoms with E-state index in [1.54, 1.807) is 17.5 Å². The van der Waals surface area contributed by atoms with E-state index in [0.717, 1.165) is 19.6 Å². The van der Waals surface area contributed by atoms with Gasteiger partial charge in [0.15, 0.2) is 0 Å². The van der Waals surface area contributed by atoms with E-state index in [1.165, 1.54) is 31.6 Å². The first-order valence-electron chi connectivity index (χ1n) is 9.60. The van der Waals surface area contributed by atoms with Crippen LogP contribution in [-0.2, 0) is 17.9 Å². The van der Waals surface area contributed by atoms with Gasteiger partial charge in [-0.15, -0.1) is 27.8 Å². The van der Waals surface area contributed by atoms with E-state index < -0.39 is 11.6 Å². The standard InChI is InChI=1S/C21H16BrN5O3S2/c1-12-4-5-15(14(22)9-12)23-17(28)11-26-21(30)27-16-6-8-32-18(16)19(29)25(20(27)24-26)10-13-3-2-7-31-13/h2-9H,10-11H2,1H3,(H,23,28). The van der Waals surface area contributed by atoms with Crippen LogP contribution in [0.4, 0.5) is 5.69 Å². The summed E-state index contributed by atoms with van der Waals surface area (Å²) in [5.41, 5.74) is 1.47. The summed E-state index contributed by atoms with van der Waals surface area (Å²) in [5, 5.41) is 10.9. The van der Waals surface area contributed by atoms with E-state index in [2.05, 4.69) is 26.3 Å². The normalized spacial score (nSPS) is 11.4. The quantitative estimate of drug-likeness (QED) is 0.376. The third-order valence-corrected chi connectivity index (χ3v) is 7.38. The Balaban J connectivity index is 1.57. The number of halogens is 1. The molecule has 4 aromatic heterocycles. The summed E-state index contributed by atoms with van der Waals surface area (Å²) in [6.45, 7) is 1.97. The maximum atomic E-state index is 13.2. The summed E-state index contributed by atoms with van der Waals surface area (Å²) in [5.74, 6) is -0.183. The Labute approximate surface area is 197 Å². The Hall–Kier alpha value is -3.02. The molecule has 0 aliphatic rings. The largest absolute Gasteiger partial charge is 0.352 e. The molecule has 0 atom stereocenters. The lowest BCUT2D eigenvalue weighted by Crippen LogP contribution is -2.29. The number of nitrogens with zero attached hydrogens (tertiary/aromatic N) is 4. The molecule has 1 aromatic carbocycles. The molecule has 0 spiro atoms. The van der Waals surface area contributed by atoms with E-state index in [9.17, 15) is 14.4 Å². The summed E-state index contributed by atoms with van der Waals surface area (Å²) >= 11 is 6.23. The number of fused-ring (bicyclic) bond motifs is 3. The molecule has 11 heteroatoms. The van der Waals surface area contributed by atoms with Crippen molar-refractivity contribution in [3.05, 3.63) is 82.9 Å². The van der Waals surface area contributed by atoms with Crippen molar-refractivity contribution in [2.75, 3.05) is 5.32 Å². The Morgan fingerprint density at radius 2 is 2.00 bits per heavy atom. The number of anilines is 1. The molecular formula is C21H16BrN5O3S2. The lowest BCUT2D eigenvalue weighted by atomic mass is 10.2. The SMILES string of the molecule is Cc1ccc(NC(=O)Cn2nc3n(Cc4cccs4)c(=O)c4sccc4n3c2=O)c(Br)c1. The molecule has 0 saturated heterocycles. The summed E-state index contributed by atoms with van der Waals surface area (Å²) in [6, 6.07) is 11.1. The van der Waals surface area contributed by atoms with Crippen molar-refractivity contribution in [3.63, 3.8) is 0 Å². The smallest absolute Gasteiger partial charge is 0.323 e. The first-order valence-corrected chi connectivity index (χ1v) is 12.2. The number of carbonyl (C=O) groups is 1. The highest BCUT2D eigenvalue weighted by Crippen LogP contribution is 2.23. The Bertz CT molecular complexity index is 1590. The van der Waals surface area contributed by atoms with E-state index in [4.69, 9.17) is 0 Å². The fraction of sp³-hybridized carbons (Fsp3) is 0.143. The summed E-state index contributed by atoms with van der Waals surface area (Å²) in [6.07, 6.45) is 0. The Morgan fingerprint density at radius 1 is 1.16 bits per heavy atom. The molecule has 8 nitrogen and oxygen atoms in total. The number of aromatic nitrogens is 4. The summed E-state index contributed by atoms with van der Waals surface area (Å²) in [4.78, 5) is 39.9. The van der Waals surface area contributed by atoms with Gasteiger partial charge in [-0.05, 0) is 63.4 Å². The minimum Gasteiger partial charge on any atom is -0.323 e. The highest BCUT2D eigenvalue weighted by molar-refractivity contribution is 9.10. The van der Waals surface area contributed by atoms with E-state index in [-0.39, 0.29) is 17.9 Å². The topological polar surface area (TPSA) is 90.4 Å². The van der Waals surface area contributed by atoms with Crippen LogP contribution in [0.1, 0.15) is 10.4 Å². The van der Waals surface area contributed by atoms with Crippen LogP contribution in [0.5, 0.6) is 0 Å². The number of hydrogen-bond donors (Lipinski definition) is 1. The zero-order valence-corrected chi connectivity index (χ0v) is 20.0. The number of benzene rings is 1. The van der Waals surface area contributed by atoms with Gasteiger partial charge >= 0.3 is 5.69 Å². The van der Waals surface area contributed by atoms with Gasteiger partial charge < -0.3 is 5.32 Å². The van der Waals surface area contributed by atoms with Crippen molar-refractivity contribution in [3.8, 4) is 0 Å². The van der Waals surface area contributed by atoms with Crippen LogP contribution < -0.4 is 16.6 Å². The van der Waals surface area contributed by atoms with Crippen molar-refractivity contribution < 1.29 is 4.79 Å². The van der Waals surface area contributed by atoms with E-state index in [0.29, 0.717) is 22.4 Å². The van der Waals surface area contributed by atoms with Crippen LogP contribution in [0, 0.1) is 6.92 Å². The number of carbonyl (C=O) groups excluding carboxylic acids is 1. The van der Waals surface area contributed by atoms with Crippen LogP contribution in [-0.4, -0.2) is 24.7 Å². The lowest BCUT2D eigenvalue weighted by molar-refractivity contribution is -0.117. The molecule has 1 amide bonds. The molecule has 0 unspecified atom stereocenters. The van der Waals surface area contributed by atoms with Gasteiger partial charge in [0, 0.05) is 9.35 Å². The van der Waals surface area contributed by atoms with Gasteiger partial charge in [-0.3, -0.25) is 14.2 Å². The molecule has 5 aromatic rings. The maximum absolute atomic E-state index is 13.2. The Kier molecular flexibility index (Phi) is 5.31. The first kappa shape index (κ1) is 20.9. The van der Waals surface area contributed by atoms with Crippen LogP contribution in [0.15, 0.2) is 61.2 Å². The zero-order valence-electron chi connectivity index (χ0n) is 16.7. The van der Waals surface area contributed by atoms with Crippen molar-refractivity contribution in [2.24, 2.45) is 0 Å². The zero-order chi connectivity index (χ0) is 22.4. The highest BCUT2D eigenvalue weighted by atomic mass is 79.9. The molecule has 0 aliphatic carbocycles. The maximum Gasteiger partial charge on any atom is 0.352 e. The average molecular weight is 530 g/mol. The third-order valence-electron chi connectivity index (χ3n) is 4.97. The lowest BCUT2D eigenvalue weighted by Gasteiger charge is -2.07. The molecule has 32 heavy (non-hydrogen) atoms. The molecule has 0 bridgehead atoms. The second kappa shape index (κ2) is 8.15. The fourth-order valence-corrected chi connectivity index (χ4v) is 5.59. The predicted octanol–water partition coefficient (Wildman–Crippen LogP) is 3.69. The minimum atomic E-state index is -0.471. The van der Waals surface area contributed by atoms with Crippen molar-refractivity contribution in [1.82, 2.24) is 18.7 Å². The molecule has 0 aliphatic heterocycles. The van der Waals surface area contributed by atoms with Gasteiger partial charge in [-0.2, -0.15) is 0 Å². The molecule has 5 rings (SSSR count). The predicted molar refractivity (Wildman–Crippen MR) is 130 cm³/mol. The minimum absolute atomic E-state index is 0.207. The summed E-state index contributed by atoms with van der Waals surface area (Å²) < 4.78 is 5.20. The molecule has 1 N–H and O–H groups in total. The van der Waals surface area contributed by atoms with Crippen molar-refractivity contribution >= 4 is 66.2 Å². The van der Waals surface area contributed by atoms with Crippen molar-refractivity contribution in [1.29, 1.82) is 0 Å². The van der Waals surface area contributed by atoms with Crippen LogP contribution in [0.3, 0.4) is 0 Å². The van der Waals surface area contributed by atoms with Crippen LogP contribution in [0.2, 0.25) is 0 Å². The van der Waals surface area contributed by atoms with Gasteiger partial charge in [0.1, 0.15) is 11.2 Å². The molecule has 4 heterocycles. The van der Waals surface area contributed by atoms with Gasteiger partial charge in [0.2, 0.25) is 11.7 Å². The van der Waals surface area contributed by atoms with Gasteiger partial charge in [-0.25, -0.2) is 13.9 Å². The van der Waals surface area contributed by atoms with Gasteiger partial charge in [-0.1, -0.05) is 12.1 Å². The van der Waals surface area contributed by atoms with Crippen molar-refractivity contribution in [2.45, 2.75) is 20.0 Å². The van der Waals surface area contributed by atoms with Crippen LogP contribution >= 0.6 is 38.6 Å². The molecular weight excluding hydrogens is 514 g/mol. The average Bonchev–Trinajstić information content (AvgIpc) is 3.49. The number of thiophene rings is 2. The van der Waals surface area contributed by atoms with Gasteiger partial charge in [0.05, 0.1) is 17.7 Å². The number of nitrogens with one attached hydrogen (secondary N) is 1. The molecule has 0 radical (unpaired) electrons.